The van der Waals surface area contributed by atoms with Crippen LogP contribution in [0.25, 0.3) is 0 Å². The van der Waals surface area contributed by atoms with E-state index in [-0.39, 0.29) is 37.4 Å². The second-order valence-corrected chi connectivity index (χ2v) is 6.79. The molecule has 7 heteroatoms. The van der Waals surface area contributed by atoms with Crippen molar-refractivity contribution >= 4 is 23.6 Å². The summed E-state index contributed by atoms with van der Waals surface area (Å²) in [4.78, 5) is 45.6. The van der Waals surface area contributed by atoms with Gasteiger partial charge in [0.05, 0.1) is 0 Å². The Hall–Kier alpha value is -2.18. The van der Waals surface area contributed by atoms with Gasteiger partial charge in [-0.3, -0.25) is 19.2 Å². The molecule has 0 aliphatic heterocycles. The first-order chi connectivity index (χ1) is 11.0. The number of amides is 1. The largest absolute Gasteiger partial charge is 0.481 e. The Labute approximate surface area is 141 Å². The number of primary amides is 1. The first-order valence-corrected chi connectivity index (χ1v) is 7.95. The number of ether oxygens (including phenoxy) is 1. The summed E-state index contributed by atoms with van der Waals surface area (Å²) in [6.45, 7) is 4.88. The summed E-state index contributed by atoms with van der Waals surface area (Å²) >= 11 is 0. The number of nitrogens with two attached hydrogens (primary N) is 1. The molecule has 0 aromatic heterocycles. The lowest BCUT2D eigenvalue weighted by atomic mass is 9.75. The van der Waals surface area contributed by atoms with Gasteiger partial charge in [-0.05, 0) is 31.3 Å². The molecule has 0 radical (unpaired) electrons. The quantitative estimate of drug-likeness (QED) is 0.536. The molecular formula is C17H25NO6. The molecule has 3 N–H and O–H groups in total. The van der Waals surface area contributed by atoms with Gasteiger partial charge < -0.3 is 15.6 Å². The summed E-state index contributed by atoms with van der Waals surface area (Å²) in [6, 6.07) is 0. The van der Waals surface area contributed by atoms with E-state index in [1.54, 1.807) is 19.9 Å². The van der Waals surface area contributed by atoms with Gasteiger partial charge in [-0.1, -0.05) is 13.0 Å². The number of hydrogen-bond acceptors (Lipinski definition) is 5. The van der Waals surface area contributed by atoms with E-state index < -0.39 is 29.4 Å². The molecule has 134 valence electrons. The molecule has 1 saturated carbocycles. The molecular weight excluding hydrogens is 314 g/mol. The van der Waals surface area contributed by atoms with Crippen LogP contribution >= 0.6 is 0 Å². The third-order valence-electron chi connectivity index (χ3n) is 4.11. The molecule has 0 bridgehead atoms. The summed E-state index contributed by atoms with van der Waals surface area (Å²) in [6.07, 6.45) is 2.41. The Morgan fingerprint density at radius 3 is 2.54 bits per heavy atom. The predicted molar refractivity (Wildman–Crippen MR) is 85.8 cm³/mol. The van der Waals surface area contributed by atoms with E-state index in [1.807, 2.05) is 0 Å². The van der Waals surface area contributed by atoms with Crippen LogP contribution in [0.4, 0.5) is 0 Å². The van der Waals surface area contributed by atoms with Crippen molar-refractivity contribution < 1.29 is 29.0 Å². The fourth-order valence-electron chi connectivity index (χ4n) is 3.30. The van der Waals surface area contributed by atoms with Gasteiger partial charge in [0.1, 0.15) is 5.60 Å². The highest BCUT2D eigenvalue weighted by Crippen LogP contribution is 2.36. The highest BCUT2D eigenvalue weighted by Gasteiger charge is 2.40. The maximum absolute atomic E-state index is 12.3. The van der Waals surface area contributed by atoms with E-state index in [2.05, 4.69) is 0 Å². The average Bonchev–Trinajstić information content (AvgIpc) is 2.38. The van der Waals surface area contributed by atoms with E-state index in [1.165, 1.54) is 6.92 Å². The van der Waals surface area contributed by atoms with Gasteiger partial charge >= 0.3 is 11.9 Å². The number of aliphatic carboxylic acids is 1. The van der Waals surface area contributed by atoms with E-state index in [0.29, 0.717) is 12.0 Å². The summed E-state index contributed by atoms with van der Waals surface area (Å²) < 4.78 is 5.36. The Bertz CT molecular complexity index is 551. The van der Waals surface area contributed by atoms with Crippen molar-refractivity contribution in [1.29, 1.82) is 0 Å². The number of carboxylic acid groups (broad SMARTS) is 1. The third-order valence-corrected chi connectivity index (χ3v) is 4.11. The summed E-state index contributed by atoms with van der Waals surface area (Å²) in [5.41, 5.74) is 4.91. The predicted octanol–water partition coefficient (Wildman–Crippen LogP) is 1.59. The molecule has 0 saturated heterocycles. The van der Waals surface area contributed by atoms with Gasteiger partial charge in [0, 0.05) is 32.1 Å². The van der Waals surface area contributed by atoms with Crippen molar-refractivity contribution in [3.05, 3.63) is 11.6 Å². The van der Waals surface area contributed by atoms with Crippen LogP contribution in [-0.2, 0) is 23.9 Å². The van der Waals surface area contributed by atoms with Gasteiger partial charge in [-0.15, -0.1) is 0 Å². The molecule has 0 unspecified atom stereocenters. The lowest BCUT2D eigenvalue weighted by Gasteiger charge is -2.36. The molecule has 0 spiro atoms. The summed E-state index contributed by atoms with van der Waals surface area (Å²) in [7, 11) is 0. The van der Waals surface area contributed by atoms with Gasteiger partial charge in [-0.2, -0.15) is 0 Å². The maximum atomic E-state index is 12.3. The number of carboxylic acids is 1. The van der Waals surface area contributed by atoms with Gasteiger partial charge in [0.2, 0.25) is 5.91 Å². The van der Waals surface area contributed by atoms with Crippen LogP contribution < -0.4 is 5.73 Å². The molecule has 1 aliphatic rings. The Morgan fingerprint density at radius 1 is 1.42 bits per heavy atom. The Morgan fingerprint density at radius 2 is 2.04 bits per heavy atom. The van der Waals surface area contributed by atoms with E-state index in [4.69, 9.17) is 15.6 Å². The second-order valence-electron chi connectivity index (χ2n) is 6.79. The van der Waals surface area contributed by atoms with E-state index >= 15 is 0 Å². The second kappa shape index (κ2) is 8.08. The fraction of sp³-hybridized carbons (Fsp3) is 0.647. The lowest BCUT2D eigenvalue weighted by Crippen LogP contribution is -2.41. The minimum absolute atomic E-state index is 0.0345. The monoisotopic (exact) mass is 339 g/mol. The molecule has 7 nitrogen and oxygen atoms in total. The van der Waals surface area contributed by atoms with E-state index in [9.17, 15) is 19.2 Å². The maximum Gasteiger partial charge on any atom is 0.303 e. The zero-order valence-corrected chi connectivity index (χ0v) is 14.3. The van der Waals surface area contributed by atoms with Crippen LogP contribution in [-0.4, -0.2) is 34.3 Å². The van der Waals surface area contributed by atoms with Crippen molar-refractivity contribution in [3.8, 4) is 0 Å². The number of allylic oxidation sites excluding steroid dienone is 1. The van der Waals surface area contributed by atoms with Crippen LogP contribution in [0.1, 0.15) is 52.9 Å². The lowest BCUT2D eigenvalue weighted by molar-refractivity contribution is -0.159. The zero-order valence-electron chi connectivity index (χ0n) is 14.3. The SMILES string of the molecule is CC(=O)O[C@]1(C)C/C(=C\C[C@@H](CC(N)=O)CC(=O)O)C(=O)[C@H](C)C1. The van der Waals surface area contributed by atoms with Crippen molar-refractivity contribution in [1.82, 2.24) is 0 Å². The number of esters is 1. The number of carbonyl (C=O) groups is 4. The first-order valence-electron chi connectivity index (χ1n) is 7.95. The molecule has 0 aromatic rings. The molecule has 1 fully saturated rings. The summed E-state index contributed by atoms with van der Waals surface area (Å²) in [5.74, 6) is -2.79. The number of carbonyl (C=O) groups excluding carboxylic acids is 3. The molecule has 1 aliphatic carbocycles. The van der Waals surface area contributed by atoms with Crippen LogP contribution in [0.3, 0.4) is 0 Å². The number of Topliss-reactive ketones (excluding diaryl/α,β-unsaturated/α-hetero) is 1. The molecule has 0 aromatic carbocycles. The molecule has 1 amide bonds. The Kier molecular flexibility index (Phi) is 6.69. The normalized spacial score (nSPS) is 26.9. The van der Waals surface area contributed by atoms with E-state index in [0.717, 1.165) is 0 Å². The van der Waals surface area contributed by atoms with Gasteiger partial charge in [0.15, 0.2) is 5.78 Å². The smallest absolute Gasteiger partial charge is 0.303 e. The van der Waals surface area contributed by atoms with Crippen molar-refractivity contribution in [2.24, 2.45) is 17.6 Å². The molecule has 3 atom stereocenters. The number of hydrogen-bond donors (Lipinski definition) is 2. The van der Waals surface area contributed by atoms with Crippen molar-refractivity contribution in [3.63, 3.8) is 0 Å². The average molecular weight is 339 g/mol. The number of rotatable bonds is 7. The molecule has 24 heavy (non-hydrogen) atoms. The Balaban J connectivity index is 2.91. The minimum atomic E-state index is -1.02. The van der Waals surface area contributed by atoms with Crippen LogP contribution in [0.15, 0.2) is 11.6 Å². The third kappa shape index (κ3) is 6.14. The topological polar surface area (TPSA) is 124 Å². The van der Waals surface area contributed by atoms with Gasteiger partial charge in [0.25, 0.3) is 0 Å². The first kappa shape index (κ1) is 19.9. The standard InChI is InChI=1S/C17H25NO6/c1-10-8-17(3,24-11(2)19)9-13(16(10)23)5-4-12(6-14(18)20)7-15(21)22/h5,10,12H,4,6-9H2,1-3H3,(H2,18,20)(H,21,22)/b13-5+/t10-,12+,17+/m1/s1. The highest BCUT2D eigenvalue weighted by atomic mass is 16.6. The van der Waals surface area contributed by atoms with Crippen LogP contribution in [0, 0.1) is 11.8 Å². The highest BCUT2D eigenvalue weighted by molar-refractivity contribution is 5.98. The van der Waals surface area contributed by atoms with Crippen LogP contribution in [0.5, 0.6) is 0 Å². The van der Waals surface area contributed by atoms with Gasteiger partial charge in [-0.25, -0.2) is 0 Å². The zero-order chi connectivity index (χ0) is 18.5. The fourth-order valence-corrected chi connectivity index (χ4v) is 3.30. The van der Waals surface area contributed by atoms with Crippen molar-refractivity contribution in [2.75, 3.05) is 0 Å². The molecule has 1 rings (SSSR count). The van der Waals surface area contributed by atoms with Crippen molar-refractivity contribution in [2.45, 2.75) is 58.5 Å². The minimum Gasteiger partial charge on any atom is -0.481 e. The molecule has 0 heterocycles. The number of ketones is 1. The summed E-state index contributed by atoms with van der Waals surface area (Å²) in [5, 5.41) is 8.91. The van der Waals surface area contributed by atoms with Crippen LogP contribution in [0.2, 0.25) is 0 Å².